The van der Waals surface area contributed by atoms with Crippen molar-refractivity contribution in [1.29, 1.82) is 0 Å². The minimum Gasteiger partial charge on any atom is -0.453 e. The molecule has 3 rings (SSSR count). The van der Waals surface area contributed by atoms with Crippen LogP contribution in [0.2, 0.25) is 0 Å². The molecule has 4 heteroatoms. The number of nitro benzene ring substituents is 1. The molecule has 0 aliphatic heterocycles. The fourth-order valence-electron chi connectivity index (χ4n) is 2.10. The van der Waals surface area contributed by atoms with Crippen molar-refractivity contribution in [2.45, 2.75) is 12.8 Å². The Kier molecular flexibility index (Phi) is 1.83. The van der Waals surface area contributed by atoms with Gasteiger partial charge in [0, 0.05) is 23.4 Å². The third kappa shape index (κ3) is 1.16. The predicted octanol–water partition coefficient (Wildman–Crippen LogP) is 3.30. The van der Waals surface area contributed by atoms with Crippen molar-refractivity contribution in [2.24, 2.45) is 0 Å². The van der Waals surface area contributed by atoms with Gasteiger partial charge in [0.1, 0.15) is 5.76 Å². The highest BCUT2D eigenvalue weighted by Crippen LogP contribution is 2.35. The SMILES string of the molecule is O=[N+]([O-])c1cccc2c3c(oc12)CCC=C3. The molecule has 16 heavy (non-hydrogen) atoms. The second-order valence-electron chi connectivity index (χ2n) is 3.79. The van der Waals surface area contributed by atoms with E-state index in [1.165, 1.54) is 6.07 Å². The first kappa shape index (κ1) is 9.15. The molecule has 0 fully saturated rings. The van der Waals surface area contributed by atoms with E-state index >= 15 is 0 Å². The summed E-state index contributed by atoms with van der Waals surface area (Å²) in [5.41, 5.74) is 1.43. The van der Waals surface area contributed by atoms with E-state index in [0.717, 1.165) is 29.6 Å². The minimum absolute atomic E-state index is 0.0419. The highest BCUT2D eigenvalue weighted by atomic mass is 16.6. The van der Waals surface area contributed by atoms with Gasteiger partial charge in [-0.3, -0.25) is 10.1 Å². The summed E-state index contributed by atoms with van der Waals surface area (Å²) in [7, 11) is 0. The fourth-order valence-corrected chi connectivity index (χ4v) is 2.10. The van der Waals surface area contributed by atoms with Crippen LogP contribution in [0.15, 0.2) is 28.7 Å². The van der Waals surface area contributed by atoms with Gasteiger partial charge in [0.2, 0.25) is 5.58 Å². The van der Waals surface area contributed by atoms with Crippen molar-refractivity contribution in [3.05, 3.63) is 45.7 Å². The lowest BCUT2D eigenvalue weighted by molar-refractivity contribution is -0.383. The monoisotopic (exact) mass is 215 g/mol. The molecule has 1 aliphatic carbocycles. The number of non-ortho nitro benzene ring substituents is 1. The zero-order valence-corrected chi connectivity index (χ0v) is 8.47. The van der Waals surface area contributed by atoms with E-state index in [4.69, 9.17) is 4.42 Å². The normalized spacial score (nSPS) is 14.0. The van der Waals surface area contributed by atoms with Gasteiger partial charge < -0.3 is 4.42 Å². The Bertz CT molecular complexity index is 610. The van der Waals surface area contributed by atoms with Crippen molar-refractivity contribution in [3.63, 3.8) is 0 Å². The molecule has 0 bridgehead atoms. The Morgan fingerprint density at radius 2 is 2.25 bits per heavy atom. The molecule has 4 nitrogen and oxygen atoms in total. The van der Waals surface area contributed by atoms with Crippen molar-refractivity contribution in [1.82, 2.24) is 0 Å². The number of rotatable bonds is 1. The van der Waals surface area contributed by atoms with E-state index in [1.54, 1.807) is 6.07 Å². The van der Waals surface area contributed by atoms with E-state index in [9.17, 15) is 10.1 Å². The molecule has 0 N–H and O–H groups in total. The molecule has 0 saturated heterocycles. The van der Waals surface area contributed by atoms with Gasteiger partial charge in [-0.2, -0.15) is 0 Å². The Hall–Kier alpha value is -2.10. The third-order valence-corrected chi connectivity index (χ3v) is 2.83. The summed E-state index contributed by atoms with van der Waals surface area (Å²) in [5.74, 6) is 0.854. The molecule has 0 radical (unpaired) electrons. The summed E-state index contributed by atoms with van der Waals surface area (Å²) in [5, 5.41) is 11.7. The second-order valence-corrected chi connectivity index (χ2v) is 3.79. The summed E-state index contributed by atoms with van der Waals surface area (Å²) >= 11 is 0. The highest BCUT2D eigenvalue weighted by Gasteiger charge is 2.21. The first-order chi connectivity index (χ1) is 7.77. The van der Waals surface area contributed by atoms with Crippen LogP contribution in [0, 0.1) is 10.1 Å². The fraction of sp³-hybridized carbons (Fsp3) is 0.167. The first-order valence-corrected chi connectivity index (χ1v) is 5.12. The maximum atomic E-state index is 10.9. The number of hydrogen-bond donors (Lipinski definition) is 0. The topological polar surface area (TPSA) is 56.3 Å². The van der Waals surface area contributed by atoms with Gasteiger partial charge in [-0.05, 0) is 12.5 Å². The predicted molar refractivity (Wildman–Crippen MR) is 60.2 cm³/mol. The molecular formula is C12H9NO3. The number of allylic oxidation sites excluding steroid dienone is 1. The van der Waals surface area contributed by atoms with E-state index in [1.807, 2.05) is 12.1 Å². The number of fused-ring (bicyclic) bond motifs is 3. The Morgan fingerprint density at radius 1 is 1.38 bits per heavy atom. The lowest BCUT2D eigenvalue weighted by Crippen LogP contribution is -1.88. The Balaban J connectivity index is 2.38. The van der Waals surface area contributed by atoms with Crippen LogP contribution in [-0.2, 0) is 6.42 Å². The van der Waals surface area contributed by atoms with Gasteiger partial charge >= 0.3 is 5.69 Å². The molecule has 1 aromatic heterocycles. The van der Waals surface area contributed by atoms with Gasteiger partial charge in [-0.15, -0.1) is 0 Å². The zero-order valence-electron chi connectivity index (χ0n) is 8.47. The smallest absolute Gasteiger partial charge is 0.312 e. The number of benzene rings is 1. The molecule has 0 spiro atoms. The summed E-state index contributed by atoms with van der Waals surface area (Å²) < 4.78 is 5.59. The summed E-state index contributed by atoms with van der Waals surface area (Å²) in [4.78, 5) is 10.5. The number of furan rings is 1. The second kappa shape index (κ2) is 3.20. The van der Waals surface area contributed by atoms with Crippen LogP contribution < -0.4 is 0 Å². The number of hydrogen-bond acceptors (Lipinski definition) is 3. The Labute approximate surface area is 91.3 Å². The molecule has 0 amide bonds. The highest BCUT2D eigenvalue weighted by molar-refractivity contribution is 5.94. The number of nitro groups is 1. The van der Waals surface area contributed by atoms with E-state index in [0.29, 0.717) is 5.58 Å². The van der Waals surface area contributed by atoms with E-state index in [-0.39, 0.29) is 5.69 Å². The molecule has 1 heterocycles. The molecule has 2 aromatic rings. The quantitative estimate of drug-likeness (QED) is 0.541. The van der Waals surface area contributed by atoms with Crippen LogP contribution in [0.3, 0.4) is 0 Å². The molecule has 1 aromatic carbocycles. The summed E-state index contributed by atoms with van der Waals surface area (Å²) in [6, 6.07) is 5.03. The lowest BCUT2D eigenvalue weighted by Gasteiger charge is -2.00. The maximum Gasteiger partial charge on any atom is 0.312 e. The molecular weight excluding hydrogens is 206 g/mol. The van der Waals surface area contributed by atoms with Gasteiger partial charge in [-0.1, -0.05) is 18.2 Å². The van der Waals surface area contributed by atoms with Crippen LogP contribution >= 0.6 is 0 Å². The van der Waals surface area contributed by atoms with Crippen molar-refractivity contribution < 1.29 is 9.34 Å². The van der Waals surface area contributed by atoms with Gasteiger partial charge in [0.05, 0.1) is 4.92 Å². The standard InChI is InChI=1S/C12H9NO3/c14-13(15)10-6-3-5-9-8-4-1-2-7-11(8)16-12(9)10/h1,3-6H,2,7H2. The number of para-hydroxylation sites is 1. The maximum absolute atomic E-state index is 10.9. The summed E-state index contributed by atoms with van der Waals surface area (Å²) in [6.07, 6.45) is 5.79. The van der Waals surface area contributed by atoms with Crippen LogP contribution in [0.1, 0.15) is 17.7 Å². The molecule has 1 aliphatic rings. The number of nitrogens with zero attached hydrogens (tertiary/aromatic N) is 1. The van der Waals surface area contributed by atoms with Crippen LogP contribution in [0.25, 0.3) is 17.0 Å². The summed E-state index contributed by atoms with van der Waals surface area (Å²) in [6.45, 7) is 0. The first-order valence-electron chi connectivity index (χ1n) is 5.12. The molecule has 80 valence electrons. The lowest BCUT2D eigenvalue weighted by atomic mass is 10.0. The Morgan fingerprint density at radius 3 is 3.06 bits per heavy atom. The van der Waals surface area contributed by atoms with E-state index < -0.39 is 4.92 Å². The van der Waals surface area contributed by atoms with Crippen molar-refractivity contribution in [2.75, 3.05) is 0 Å². The van der Waals surface area contributed by atoms with Crippen LogP contribution in [-0.4, -0.2) is 4.92 Å². The average molecular weight is 215 g/mol. The van der Waals surface area contributed by atoms with Gasteiger partial charge in [0.15, 0.2) is 0 Å². The van der Waals surface area contributed by atoms with Crippen LogP contribution in [0.5, 0.6) is 0 Å². The molecule has 0 saturated carbocycles. The van der Waals surface area contributed by atoms with Gasteiger partial charge in [-0.25, -0.2) is 0 Å². The largest absolute Gasteiger partial charge is 0.453 e. The third-order valence-electron chi connectivity index (χ3n) is 2.83. The van der Waals surface area contributed by atoms with Crippen molar-refractivity contribution in [3.8, 4) is 0 Å². The van der Waals surface area contributed by atoms with Gasteiger partial charge in [0.25, 0.3) is 0 Å². The molecule has 0 atom stereocenters. The van der Waals surface area contributed by atoms with E-state index in [2.05, 4.69) is 6.08 Å². The minimum atomic E-state index is -0.402. The molecule has 0 unspecified atom stereocenters. The number of aryl methyl sites for hydroxylation is 1. The van der Waals surface area contributed by atoms with Crippen LogP contribution in [0.4, 0.5) is 5.69 Å². The zero-order chi connectivity index (χ0) is 11.1. The average Bonchev–Trinajstić information content (AvgIpc) is 2.67. The van der Waals surface area contributed by atoms with Crippen molar-refractivity contribution >= 4 is 22.7 Å².